The highest BCUT2D eigenvalue weighted by Crippen LogP contribution is 2.27. The van der Waals surface area contributed by atoms with Gasteiger partial charge in [0.05, 0.1) is 6.61 Å². The number of nitrogens with two attached hydrogens (primary N) is 1. The van der Waals surface area contributed by atoms with Crippen LogP contribution in [-0.4, -0.2) is 66.5 Å². The highest BCUT2D eigenvalue weighted by molar-refractivity contribution is 5.72. The molecule has 1 aliphatic rings. The van der Waals surface area contributed by atoms with Gasteiger partial charge in [0.25, 0.3) is 5.56 Å². The summed E-state index contributed by atoms with van der Waals surface area (Å²) >= 11 is 0. The molecule has 1 aromatic heterocycles. The van der Waals surface area contributed by atoms with Crippen LogP contribution in [0, 0.1) is 0 Å². The van der Waals surface area contributed by atoms with E-state index in [4.69, 9.17) is 20.7 Å². The number of aromatic nitrogens is 2. The first-order valence-electron chi connectivity index (χ1n) is 7.20. The second-order valence-corrected chi connectivity index (χ2v) is 5.46. The zero-order valence-electron chi connectivity index (χ0n) is 12.6. The molecular weight excluding hydrogens is 326 g/mol. The number of aliphatic carboxylic acids is 1. The molecule has 1 aromatic rings. The van der Waals surface area contributed by atoms with E-state index >= 15 is 0 Å². The second-order valence-electron chi connectivity index (χ2n) is 5.46. The number of carbonyl (C=O) groups is 1. The van der Waals surface area contributed by atoms with E-state index in [0.717, 1.165) is 21.4 Å². The van der Waals surface area contributed by atoms with Crippen molar-refractivity contribution in [3.05, 3.63) is 33.1 Å². The van der Waals surface area contributed by atoms with E-state index < -0.39 is 54.4 Å². The summed E-state index contributed by atoms with van der Waals surface area (Å²) in [6.07, 6.45) is -4.29. The number of carboxylic acids is 1. The number of hydrogen-bond donors (Lipinski definition) is 5. The average Bonchev–Trinajstić information content (AvgIpc) is 2.82. The standard InChI is InChI=1S/C13H19N3O8/c14-6(12(21)22)1-3-15-8(18)2-4-16(13(15)23)11-10(20)9(19)7(5-17)24-11/h2,4,6-7,9-11,17,19-20H,1,3,5,14H2,(H,21,22)/t6?,7-,9+,10+,11-/m1/s1. The minimum Gasteiger partial charge on any atom is -0.480 e. The van der Waals surface area contributed by atoms with Crippen LogP contribution in [0.4, 0.5) is 0 Å². The van der Waals surface area contributed by atoms with E-state index in [9.17, 15) is 24.6 Å². The molecule has 1 unspecified atom stereocenters. The highest BCUT2D eigenvalue weighted by atomic mass is 16.6. The summed E-state index contributed by atoms with van der Waals surface area (Å²) in [4.78, 5) is 34.9. The molecule has 2 rings (SSSR count). The quantitative estimate of drug-likeness (QED) is 0.349. The van der Waals surface area contributed by atoms with Crippen LogP contribution in [-0.2, 0) is 16.1 Å². The van der Waals surface area contributed by atoms with Crippen LogP contribution >= 0.6 is 0 Å². The van der Waals surface area contributed by atoms with E-state index in [1.165, 1.54) is 0 Å². The number of nitrogens with zero attached hydrogens (tertiary/aromatic N) is 2. The lowest BCUT2D eigenvalue weighted by molar-refractivity contribution is -0.138. The fraction of sp³-hybridized carbons (Fsp3) is 0.615. The molecule has 1 fully saturated rings. The summed E-state index contributed by atoms with van der Waals surface area (Å²) in [7, 11) is 0. The van der Waals surface area contributed by atoms with Gasteiger partial charge in [-0.25, -0.2) is 4.79 Å². The van der Waals surface area contributed by atoms with Gasteiger partial charge in [-0.3, -0.25) is 18.7 Å². The summed E-state index contributed by atoms with van der Waals surface area (Å²) in [5, 5.41) is 37.5. The molecule has 134 valence electrons. The minimum absolute atomic E-state index is 0.148. The summed E-state index contributed by atoms with van der Waals surface area (Å²) in [6, 6.07) is -0.193. The number of rotatable bonds is 6. The van der Waals surface area contributed by atoms with Crippen molar-refractivity contribution in [2.45, 2.75) is 43.5 Å². The predicted molar refractivity (Wildman–Crippen MR) is 78.2 cm³/mol. The Kier molecular flexibility index (Phi) is 5.51. The molecular formula is C13H19N3O8. The second kappa shape index (κ2) is 7.23. The molecule has 11 heteroatoms. The van der Waals surface area contributed by atoms with Crippen molar-refractivity contribution in [3.8, 4) is 0 Å². The third-order valence-corrected chi connectivity index (χ3v) is 3.87. The summed E-state index contributed by atoms with van der Waals surface area (Å²) in [5.74, 6) is -1.26. The lowest BCUT2D eigenvalue weighted by Crippen LogP contribution is -2.44. The van der Waals surface area contributed by atoms with Crippen LogP contribution in [0.15, 0.2) is 21.9 Å². The van der Waals surface area contributed by atoms with Gasteiger partial charge in [-0.1, -0.05) is 0 Å². The fourth-order valence-corrected chi connectivity index (χ4v) is 2.43. The first-order chi connectivity index (χ1) is 11.3. The lowest BCUT2D eigenvalue weighted by atomic mass is 10.1. The minimum atomic E-state index is -1.48. The topological polar surface area (TPSA) is 177 Å². The number of hydrogen-bond acceptors (Lipinski definition) is 8. The van der Waals surface area contributed by atoms with Gasteiger partial charge >= 0.3 is 11.7 Å². The maximum atomic E-state index is 12.4. The van der Waals surface area contributed by atoms with Gasteiger partial charge < -0.3 is 30.9 Å². The molecule has 6 N–H and O–H groups in total. The number of aliphatic hydroxyl groups excluding tert-OH is 3. The van der Waals surface area contributed by atoms with Crippen LogP contribution in [0.1, 0.15) is 12.6 Å². The van der Waals surface area contributed by atoms with Gasteiger partial charge in [0.1, 0.15) is 24.4 Å². The summed E-state index contributed by atoms with van der Waals surface area (Å²) in [6.45, 7) is -0.794. The zero-order valence-corrected chi connectivity index (χ0v) is 12.6. The Hall–Kier alpha value is -2.05. The zero-order chi connectivity index (χ0) is 18.0. The molecule has 1 saturated heterocycles. The van der Waals surface area contributed by atoms with E-state index in [2.05, 4.69) is 0 Å². The number of aliphatic hydroxyl groups is 3. The van der Waals surface area contributed by atoms with Crippen molar-refractivity contribution in [3.63, 3.8) is 0 Å². The maximum absolute atomic E-state index is 12.4. The molecule has 0 aliphatic carbocycles. The molecule has 1 aliphatic heterocycles. The molecule has 2 heterocycles. The molecule has 0 spiro atoms. The molecule has 24 heavy (non-hydrogen) atoms. The van der Waals surface area contributed by atoms with Crippen molar-refractivity contribution in [2.24, 2.45) is 5.73 Å². The van der Waals surface area contributed by atoms with Crippen molar-refractivity contribution < 1.29 is 30.0 Å². The fourth-order valence-electron chi connectivity index (χ4n) is 2.43. The van der Waals surface area contributed by atoms with Gasteiger partial charge in [0, 0.05) is 18.8 Å². The summed E-state index contributed by atoms with van der Waals surface area (Å²) < 4.78 is 6.90. The Balaban J connectivity index is 2.30. The van der Waals surface area contributed by atoms with Crippen LogP contribution in [0.2, 0.25) is 0 Å². The van der Waals surface area contributed by atoms with Gasteiger partial charge in [-0.15, -0.1) is 0 Å². The molecule has 0 radical (unpaired) electrons. The first kappa shape index (κ1) is 18.3. The van der Waals surface area contributed by atoms with E-state index in [1.807, 2.05) is 0 Å². The molecule has 0 amide bonds. The Morgan fingerprint density at radius 2 is 2.00 bits per heavy atom. The molecule has 5 atom stereocenters. The van der Waals surface area contributed by atoms with Gasteiger partial charge in [-0.05, 0) is 6.42 Å². The Labute approximate surface area is 135 Å². The molecule has 0 aromatic carbocycles. The summed E-state index contributed by atoms with van der Waals surface area (Å²) in [5.41, 5.74) is 3.83. The van der Waals surface area contributed by atoms with E-state index in [-0.39, 0.29) is 13.0 Å². The van der Waals surface area contributed by atoms with Crippen LogP contribution < -0.4 is 17.0 Å². The number of ether oxygens (including phenoxy) is 1. The van der Waals surface area contributed by atoms with Gasteiger partial charge in [-0.2, -0.15) is 0 Å². The van der Waals surface area contributed by atoms with Crippen LogP contribution in [0.25, 0.3) is 0 Å². The Morgan fingerprint density at radius 3 is 2.54 bits per heavy atom. The third kappa shape index (κ3) is 3.39. The monoisotopic (exact) mass is 345 g/mol. The maximum Gasteiger partial charge on any atom is 0.333 e. The van der Waals surface area contributed by atoms with Gasteiger partial charge in [0.2, 0.25) is 0 Å². The Morgan fingerprint density at radius 1 is 1.33 bits per heavy atom. The van der Waals surface area contributed by atoms with Crippen molar-refractivity contribution in [2.75, 3.05) is 6.61 Å². The average molecular weight is 345 g/mol. The van der Waals surface area contributed by atoms with Gasteiger partial charge in [0.15, 0.2) is 6.23 Å². The molecule has 0 bridgehead atoms. The smallest absolute Gasteiger partial charge is 0.333 e. The SMILES string of the molecule is NC(CCn1c(=O)ccn([C@@H]2O[C@H](CO)[C@H](O)[C@@H]2O)c1=O)C(=O)O. The van der Waals surface area contributed by atoms with Crippen molar-refractivity contribution >= 4 is 5.97 Å². The first-order valence-corrected chi connectivity index (χ1v) is 7.20. The predicted octanol–water partition coefficient (Wildman–Crippen LogP) is -3.58. The van der Waals surface area contributed by atoms with Crippen LogP contribution in [0.5, 0.6) is 0 Å². The van der Waals surface area contributed by atoms with Crippen molar-refractivity contribution in [1.82, 2.24) is 9.13 Å². The largest absolute Gasteiger partial charge is 0.480 e. The molecule has 0 saturated carbocycles. The molecule has 11 nitrogen and oxygen atoms in total. The normalized spacial score (nSPS) is 28.0. The van der Waals surface area contributed by atoms with E-state index in [1.54, 1.807) is 0 Å². The third-order valence-electron chi connectivity index (χ3n) is 3.87. The highest BCUT2D eigenvalue weighted by Gasteiger charge is 2.43. The van der Waals surface area contributed by atoms with Crippen LogP contribution in [0.3, 0.4) is 0 Å². The van der Waals surface area contributed by atoms with E-state index in [0.29, 0.717) is 0 Å². The Bertz CT molecular complexity index is 714. The lowest BCUT2D eigenvalue weighted by Gasteiger charge is -2.19. The number of carboxylic acid groups (broad SMARTS) is 1. The van der Waals surface area contributed by atoms with Crippen molar-refractivity contribution in [1.29, 1.82) is 0 Å².